The lowest BCUT2D eigenvalue weighted by Gasteiger charge is -2.27. The molecule has 0 saturated carbocycles. The molecule has 0 aliphatic carbocycles. The summed E-state index contributed by atoms with van der Waals surface area (Å²) in [6, 6.07) is 10.5. The SMILES string of the molecule is CCOC(Nc1ccc(Oc2ccnc3cc(-c4ccc(CN(CCOC)C(=O)OC(C)(C)C)cn4)sc23)c(F)c1)C(F)(F)F. The van der Waals surface area contributed by atoms with Gasteiger partial charge in [-0.3, -0.25) is 9.97 Å². The Labute approximate surface area is 262 Å². The number of nitrogens with one attached hydrogen (secondary N) is 1. The maximum absolute atomic E-state index is 14.9. The van der Waals surface area contributed by atoms with E-state index >= 15 is 0 Å². The van der Waals surface area contributed by atoms with Gasteiger partial charge in [0.05, 0.1) is 33.9 Å². The summed E-state index contributed by atoms with van der Waals surface area (Å²) < 4.78 is 76.3. The Morgan fingerprint density at radius 2 is 1.84 bits per heavy atom. The van der Waals surface area contributed by atoms with Gasteiger partial charge in [-0.1, -0.05) is 6.07 Å². The first-order chi connectivity index (χ1) is 21.3. The number of halogens is 4. The van der Waals surface area contributed by atoms with Gasteiger partial charge in [-0.25, -0.2) is 9.18 Å². The van der Waals surface area contributed by atoms with E-state index in [0.29, 0.717) is 34.8 Å². The maximum atomic E-state index is 14.9. The number of fused-ring (bicyclic) bond motifs is 1. The molecule has 3 heterocycles. The van der Waals surface area contributed by atoms with Crippen LogP contribution < -0.4 is 10.1 Å². The number of amides is 1. The molecule has 1 aromatic carbocycles. The molecule has 242 valence electrons. The summed E-state index contributed by atoms with van der Waals surface area (Å²) in [5.74, 6) is -0.711. The smallest absolute Gasteiger partial charge is 0.433 e. The van der Waals surface area contributed by atoms with E-state index in [-0.39, 0.29) is 24.6 Å². The van der Waals surface area contributed by atoms with Gasteiger partial charge in [-0.15, -0.1) is 11.3 Å². The van der Waals surface area contributed by atoms with Crippen molar-refractivity contribution < 1.29 is 41.3 Å². The Morgan fingerprint density at radius 3 is 2.47 bits per heavy atom. The number of carbonyl (C=O) groups is 1. The minimum atomic E-state index is -4.68. The van der Waals surface area contributed by atoms with Crippen LogP contribution in [0.1, 0.15) is 33.3 Å². The van der Waals surface area contributed by atoms with Crippen molar-refractivity contribution in [3.8, 4) is 22.1 Å². The van der Waals surface area contributed by atoms with E-state index in [4.69, 9.17) is 18.9 Å². The zero-order chi connectivity index (χ0) is 32.8. The standard InChI is InChI=1S/C31H34F4N4O5S/c1-6-42-28(31(33,34)35)38-20-8-10-24(21(32)15-20)43-25-11-12-36-23-16-26(45-27(23)25)22-9-7-19(17-37-22)18-39(13-14-41-5)29(40)44-30(2,3)4/h7-12,15-17,28,38H,6,13-14,18H2,1-5H3. The Hall–Kier alpha value is -4.01. The third-order valence-corrected chi connectivity index (χ3v) is 7.28. The lowest BCUT2D eigenvalue weighted by Crippen LogP contribution is -2.38. The molecule has 1 amide bonds. The topological polar surface area (TPSA) is 95.0 Å². The molecule has 0 aliphatic heterocycles. The van der Waals surface area contributed by atoms with E-state index in [0.717, 1.165) is 16.5 Å². The number of hydrogen-bond acceptors (Lipinski definition) is 9. The van der Waals surface area contributed by atoms with E-state index in [1.165, 1.54) is 36.6 Å². The second-order valence-corrected chi connectivity index (χ2v) is 11.9. The lowest BCUT2D eigenvalue weighted by atomic mass is 10.2. The predicted molar refractivity (Wildman–Crippen MR) is 163 cm³/mol. The molecular formula is C31H34F4N4O5S. The third kappa shape index (κ3) is 9.25. The highest BCUT2D eigenvalue weighted by Crippen LogP contribution is 2.39. The van der Waals surface area contributed by atoms with Crippen molar-refractivity contribution in [3.63, 3.8) is 0 Å². The van der Waals surface area contributed by atoms with Crippen LogP contribution in [-0.4, -0.2) is 65.8 Å². The van der Waals surface area contributed by atoms with E-state index < -0.39 is 29.9 Å². The van der Waals surface area contributed by atoms with E-state index in [1.54, 1.807) is 45.0 Å². The van der Waals surface area contributed by atoms with Crippen LogP contribution in [0.25, 0.3) is 20.8 Å². The van der Waals surface area contributed by atoms with E-state index in [2.05, 4.69) is 15.3 Å². The van der Waals surface area contributed by atoms with Crippen LogP contribution >= 0.6 is 11.3 Å². The molecule has 0 radical (unpaired) electrons. The van der Waals surface area contributed by atoms with Gasteiger partial charge in [0.1, 0.15) is 11.4 Å². The molecule has 3 aromatic heterocycles. The molecule has 1 N–H and O–H groups in total. The Kier molecular flexibility index (Phi) is 10.8. The molecule has 0 fully saturated rings. The van der Waals surface area contributed by atoms with Crippen molar-refractivity contribution in [2.75, 3.05) is 32.2 Å². The summed E-state index contributed by atoms with van der Waals surface area (Å²) in [5.41, 5.74) is 1.29. The van der Waals surface area contributed by atoms with Gasteiger partial charge in [-0.05, 0) is 57.5 Å². The highest BCUT2D eigenvalue weighted by atomic mass is 32.1. The number of rotatable bonds is 12. The van der Waals surface area contributed by atoms with Gasteiger partial charge >= 0.3 is 12.3 Å². The summed E-state index contributed by atoms with van der Waals surface area (Å²) in [7, 11) is 1.56. The van der Waals surface area contributed by atoms with Crippen LogP contribution in [0.3, 0.4) is 0 Å². The van der Waals surface area contributed by atoms with E-state index in [9.17, 15) is 22.4 Å². The normalized spacial score (nSPS) is 12.6. The Balaban J connectivity index is 1.50. The number of nitrogens with zero attached hydrogens (tertiary/aromatic N) is 3. The van der Waals surface area contributed by atoms with Gasteiger partial charge in [0.25, 0.3) is 0 Å². The maximum Gasteiger partial charge on any atom is 0.433 e. The van der Waals surface area contributed by atoms with Crippen molar-refractivity contribution in [3.05, 3.63) is 66.2 Å². The molecule has 4 rings (SSSR count). The first kappa shape index (κ1) is 33.9. The number of hydrogen-bond donors (Lipinski definition) is 1. The number of pyridine rings is 2. The number of benzene rings is 1. The fourth-order valence-corrected chi connectivity index (χ4v) is 5.14. The van der Waals surface area contributed by atoms with Crippen LogP contribution in [0.15, 0.2) is 54.9 Å². The zero-order valence-electron chi connectivity index (χ0n) is 25.4. The average molecular weight is 651 g/mol. The van der Waals surface area contributed by atoms with Crippen LogP contribution in [0, 0.1) is 5.82 Å². The Bertz CT molecular complexity index is 1590. The number of thiophene rings is 1. The summed E-state index contributed by atoms with van der Waals surface area (Å²) in [4.78, 5) is 24.0. The van der Waals surface area contributed by atoms with Crippen LogP contribution in [0.2, 0.25) is 0 Å². The summed E-state index contributed by atoms with van der Waals surface area (Å²) in [6.45, 7) is 7.63. The summed E-state index contributed by atoms with van der Waals surface area (Å²) in [6.07, 6.45) is -4.22. The molecule has 0 aliphatic rings. The third-order valence-electron chi connectivity index (χ3n) is 6.12. The van der Waals surface area contributed by atoms with Gasteiger partial charge in [0.15, 0.2) is 11.6 Å². The van der Waals surface area contributed by atoms with Gasteiger partial charge in [0.2, 0.25) is 6.23 Å². The Morgan fingerprint density at radius 1 is 1.07 bits per heavy atom. The molecule has 0 spiro atoms. The first-order valence-corrected chi connectivity index (χ1v) is 14.8. The quantitative estimate of drug-likeness (QED) is 0.122. The molecule has 9 nitrogen and oxygen atoms in total. The van der Waals surface area contributed by atoms with Crippen molar-refractivity contribution in [2.45, 2.75) is 52.2 Å². The number of alkyl halides is 3. The first-order valence-electron chi connectivity index (χ1n) is 14.0. The number of carbonyl (C=O) groups excluding carboxylic acids is 1. The molecule has 14 heteroatoms. The second kappa shape index (κ2) is 14.4. The highest BCUT2D eigenvalue weighted by molar-refractivity contribution is 7.22. The monoisotopic (exact) mass is 650 g/mol. The fraction of sp³-hybridized carbons (Fsp3) is 0.387. The van der Waals surface area contributed by atoms with Crippen molar-refractivity contribution in [1.82, 2.24) is 14.9 Å². The fourth-order valence-electron chi connectivity index (χ4n) is 4.10. The van der Waals surface area contributed by atoms with Crippen LogP contribution in [0.4, 0.5) is 28.0 Å². The second-order valence-electron chi connectivity index (χ2n) is 10.8. The van der Waals surface area contributed by atoms with Crippen molar-refractivity contribution in [2.24, 2.45) is 0 Å². The number of anilines is 1. The van der Waals surface area contributed by atoms with Gasteiger partial charge in [0, 0.05) is 50.5 Å². The molecule has 4 aromatic rings. The minimum absolute atomic E-state index is 0.114. The molecule has 1 atom stereocenters. The molecule has 45 heavy (non-hydrogen) atoms. The molecular weight excluding hydrogens is 616 g/mol. The molecule has 0 saturated heterocycles. The molecule has 0 bridgehead atoms. The predicted octanol–water partition coefficient (Wildman–Crippen LogP) is 8.01. The molecule has 1 unspecified atom stereocenters. The number of aromatic nitrogens is 2. The number of ether oxygens (including phenoxy) is 4. The summed E-state index contributed by atoms with van der Waals surface area (Å²) in [5, 5.41) is 2.15. The average Bonchev–Trinajstić information content (AvgIpc) is 3.41. The van der Waals surface area contributed by atoms with E-state index in [1.807, 2.05) is 18.2 Å². The van der Waals surface area contributed by atoms with Crippen LogP contribution in [0.5, 0.6) is 11.5 Å². The van der Waals surface area contributed by atoms with Gasteiger partial charge < -0.3 is 29.2 Å². The zero-order valence-corrected chi connectivity index (χ0v) is 26.2. The van der Waals surface area contributed by atoms with Gasteiger partial charge in [-0.2, -0.15) is 13.2 Å². The highest BCUT2D eigenvalue weighted by Gasteiger charge is 2.40. The lowest BCUT2D eigenvalue weighted by molar-refractivity contribution is -0.209. The minimum Gasteiger partial charge on any atom is -0.453 e. The number of methoxy groups -OCH3 is 1. The summed E-state index contributed by atoms with van der Waals surface area (Å²) >= 11 is 1.34. The largest absolute Gasteiger partial charge is 0.453 e. The van der Waals surface area contributed by atoms with Crippen LogP contribution in [-0.2, 0) is 20.8 Å². The van der Waals surface area contributed by atoms with Crippen molar-refractivity contribution >= 4 is 33.3 Å². The van der Waals surface area contributed by atoms with Crippen molar-refractivity contribution in [1.29, 1.82) is 0 Å².